The SMILES string of the molecule is CC(C)C1CCCN1C(=O)NC(=O)CC(C)(C)C(=O)O. The third-order valence-corrected chi connectivity index (χ3v) is 3.76. The van der Waals surface area contributed by atoms with Crippen molar-refractivity contribution in [3.05, 3.63) is 0 Å². The molecule has 20 heavy (non-hydrogen) atoms. The van der Waals surface area contributed by atoms with Crippen LogP contribution in [0.5, 0.6) is 0 Å². The van der Waals surface area contributed by atoms with Crippen LogP contribution in [0.1, 0.15) is 47.0 Å². The number of urea groups is 1. The summed E-state index contributed by atoms with van der Waals surface area (Å²) in [5.41, 5.74) is -1.17. The minimum absolute atomic E-state index is 0.148. The van der Waals surface area contributed by atoms with Crippen molar-refractivity contribution in [3.63, 3.8) is 0 Å². The van der Waals surface area contributed by atoms with E-state index in [0.717, 1.165) is 12.8 Å². The van der Waals surface area contributed by atoms with E-state index < -0.39 is 23.3 Å². The maximum Gasteiger partial charge on any atom is 0.324 e. The average Bonchev–Trinajstić information content (AvgIpc) is 2.76. The lowest BCUT2D eigenvalue weighted by Crippen LogP contribution is -2.47. The molecule has 0 aromatic rings. The number of hydrogen-bond donors (Lipinski definition) is 2. The van der Waals surface area contributed by atoms with E-state index in [2.05, 4.69) is 5.32 Å². The molecule has 1 aliphatic heterocycles. The summed E-state index contributed by atoms with van der Waals surface area (Å²) in [5.74, 6) is -1.26. The summed E-state index contributed by atoms with van der Waals surface area (Å²) in [6.45, 7) is 7.67. The maximum atomic E-state index is 12.1. The molecule has 6 heteroatoms. The normalized spacial score (nSPS) is 19.2. The van der Waals surface area contributed by atoms with Crippen molar-refractivity contribution in [2.75, 3.05) is 6.54 Å². The number of nitrogens with zero attached hydrogens (tertiary/aromatic N) is 1. The molecule has 1 rings (SSSR count). The van der Waals surface area contributed by atoms with Crippen molar-refractivity contribution in [2.45, 2.75) is 53.0 Å². The van der Waals surface area contributed by atoms with Gasteiger partial charge in [0.15, 0.2) is 0 Å². The first kappa shape index (κ1) is 16.5. The number of rotatable bonds is 4. The van der Waals surface area contributed by atoms with Gasteiger partial charge in [0.2, 0.25) is 5.91 Å². The number of amides is 3. The first-order valence-electron chi connectivity index (χ1n) is 6.99. The highest BCUT2D eigenvalue weighted by molar-refractivity contribution is 5.96. The Kier molecular flexibility index (Phi) is 5.14. The van der Waals surface area contributed by atoms with Crippen molar-refractivity contribution in [1.29, 1.82) is 0 Å². The molecule has 1 heterocycles. The maximum absolute atomic E-state index is 12.1. The van der Waals surface area contributed by atoms with Crippen molar-refractivity contribution in [2.24, 2.45) is 11.3 Å². The number of carbonyl (C=O) groups excluding carboxylic acids is 2. The van der Waals surface area contributed by atoms with Crippen LogP contribution in [0.25, 0.3) is 0 Å². The summed E-state index contributed by atoms with van der Waals surface area (Å²) in [6.07, 6.45) is 1.67. The van der Waals surface area contributed by atoms with Crippen LogP contribution in [0, 0.1) is 11.3 Å². The molecule has 3 amide bonds. The molecule has 0 radical (unpaired) electrons. The van der Waals surface area contributed by atoms with Gasteiger partial charge in [0.25, 0.3) is 0 Å². The second-order valence-electron chi connectivity index (χ2n) is 6.37. The summed E-state index contributed by atoms with van der Waals surface area (Å²) in [7, 11) is 0. The number of carboxylic acids is 1. The van der Waals surface area contributed by atoms with E-state index in [0.29, 0.717) is 12.5 Å². The molecule has 1 saturated heterocycles. The lowest BCUT2D eigenvalue weighted by Gasteiger charge is -2.28. The first-order chi connectivity index (χ1) is 9.15. The Bertz CT molecular complexity index is 404. The monoisotopic (exact) mass is 284 g/mol. The summed E-state index contributed by atoms with van der Waals surface area (Å²) in [4.78, 5) is 36.5. The molecule has 114 valence electrons. The first-order valence-corrected chi connectivity index (χ1v) is 6.99. The zero-order valence-electron chi connectivity index (χ0n) is 12.6. The van der Waals surface area contributed by atoms with Crippen molar-refractivity contribution >= 4 is 17.9 Å². The van der Waals surface area contributed by atoms with Crippen LogP contribution in [0.15, 0.2) is 0 Å². The number of likely N-dealkylation sites (tertiary alicyclic amines) is 1. The Morgan fingerprint density at radius 3 is 2.45 bits per heavy atom. The lowest BCUT2D eigenvalue weighted by molar-refractivity contribution is -0.149. The largest absolute Gasteiger partial charge is 0.481 e. The van der Waals surface area contributed by atoms with E-state index in [9.17, 15) is 14.4 Å². The van der Waals surface area contributed by atoms with Gasteiger partial charge in [-0.1, -0.05) is 13.8 Å². The summed E-state index contributed by atoms with van der Waals surface area (Å²) in [6, 6.07) is -0.261. The van der Waals surface area contributed by atoms with Crippen LogP contribution in [0.4, 0.5) is 4.79 Å². The number of carbonyl (C=O) groups is 3. The molecule has 1 aliphatic rings. The molecule has 0 aromatic heterocycles. The van der Waals surface area contributed by atoms with Gasteiger partial charge in [-0.05, 0) is 32.6 Å². The lowest BCUT2D eigenvalue weighted by atomic mass is 9.89. The zero-order valence-corrected chi connectivity index (χ0v) is 12.6. The van der Waals surface area contributed by atoms with Gasteiger partial charge in [-0.2, -0.15) is 0 Å². The average molecular weight is 284 g/mol. The second-order valence-corrected chi connectivity index (χ2v) is 6.37. The minimum atomic E-state index is -1.17. The van der Waals surface area contributed by atoms with E-state index in [-0.39, 0.29) is 12.5 Å². The molecular weight excluding hydrogens is 260 g/mol. The molecule has 0 spiro atoms. The van der Waals surface area contributed by atoms with Crippen LogP contribution in [0.3, 0.4) is 0 Å². The predicted octanol–water partition coefficient (Wildman–Crippen LogP) is 1.84. The predicted molar refractivity (Wildman–Crippen MR) is 74.1 cm³/mol. The second kappa shape index (κ2) is 6.24. The van der Waals surface area contributed by atoms with Crippen molar-refractivity contribution in [1.82, 2.24) is 10.2 Å². The minimum Gasteiger partial charge on any atom is -0.481 e. The number of aliphatic carboxylic acids is 1. The van der Waals surface area contributed by atoms with Gasteiger partial charge in [0, 0.05) is 19.0 Å². The van der Waals surface area contributed by atoms with E-state index in [1.54, 1.807) is 4.90 Å². The number of hydrogen-bond acceptors (Lipinski definition) is 3. The highest BCUT2D eigenvalue weighted by Gasteiger charge is 2.34. The van der Waals surface area contributed by atoms with E-state index in [1.807, 2.05) is 13.8 Å². The van der Waals surface area contributed by atoms with E-state index in [4.69, 9.17) is 5.11 Å². The Hall–Kier alpha value is -1.59. The molecule has 0 aliphatic carbocycles. The van der Waals surface area contributed by atoms with Gasteiger partial charge < -0.3 is 10.0 Å². The van der Waals surface area contributed by atoms with Crippen molar-refractivity contribution in [3.8, 4) is 0 Å². The third kappa shape index (κ3) is 3.95. The molecule has 1 fully saturated rings. The van der Waals surface area contributed by atoms with Gasteiger partial charge in [-0.15, -0.1) is 0 Å². The zero-order chi connectivity index (χ0) is 15.5. The van der Waals surface area contributed by atoms with Crippen LogP contribution in [-0.2, 0) is 9.59 Å². The fourth-order valence-corrected chi connectivity index (χ4v) is 2.45. The third-order valence-electron chi connectivity index (χ3n) is 3.76. The van der Waals surface area contributed by atoms with Crippen LogP contribution in [0.2, 0.25) is 0 Å². The number of carboxylic acid groups (broad SMARTS) is 1. The summed E-state index contributed by atoms with van der Waals surface area (Å²) < 4.78 is 0. The Labute approximate surface area is 119 Å². The van der Waals surface area contributed by atoms with Crippen LogP contribution in [-0.4, -0.2) is 40.5 Å². The highest BCUT2D eigenvalue weighted by atomic mass is 16.4. The summed E-state index contributed by atoms with van der Waals surface area (Å²) >= 11 is 0. The molecule has 0 saturated carbocycles. The topological polar surface area (TPSA) is 86.7 Å². The summed E-state index contributed by atoms with van der Waals surface area (Å²) in [5, 5.41) is 11.3. The fourth-order valence-electron chi connectivity index (χ4n) is 2.45. The van der Waals surface area contributed by atoms with Crippen LogP contribution < -0.4 is 5.32 Å². The number of nitrogens with one attached hydrogen (secondary N) is 1. The van der Waals surface area contributed by atoms with E-state index in [1.165, 1.54) is 13.8 Å². The molecule has 1 atom stereocenters. The molecule has 0 bridgehead atoms. The van der Waals surface area contributed by atoms with Crippen molar-refractivity contribution < 1.29 is 19.5 Å². The highest BCUT2D eigenvalue weighted by Crippen LogP contribution is 2.24. The number of imide groups is 1. The Balaban J connectivity index is 2.58. The fraction of sp³-hybridized carbons (Fsp3) is 0.786. The molecule has 6 nitrogen and oxygen atoms in total. The Morgan fingerprint density at radius 1 is 1.35 bits per heavy atom. The smallest absolute Gasteiger partial charge is 0.324 e. The van der Waals surface area contributed by atoms with E-state index >= 15 is 0 Å². The van der Waals surface area contributed by atoms with Gasteiger partial charge in [0.05, 0.1) is 5.41 Å². The van der Waals surface area contributed by atoms with Gasteiger partial charge >= 0.3 is 12.0 Å². The van der Waals surface area contributed by atoms with Gasteiger partial charge in [0.1, 0.15) is 0 Å². The van der Waals surface area contributed by atoms with Gasteiger partial charge in [-0.25, -0.2) is 4.79 Å². The molecule has 1 unspecified atom stereocenters. The quantitative estimate of drug-likeness (QED) is 0.824. The molecule has 0 aromatic carbocycles. The molecule has 2 N–H and O–H groups in total. The van der Waals surface area contributed by atoms with Crippen LogP contribution >= 0.6 is 0 Å². The Morgan fingerprint density at radius 2 is 1.95 bits per heavy atom. The van der Waals surface area contributed by atoms with Gasteiger partial charge in [-0.3, -0.25) is 14.9 Å². The molecular formula is C14H24N2O4. The standard InChI is InChI=1S/C14H24N2O4/c1-9(2)10-6-5-7-16(10)13(20)15-11(17)8-14(3,4)12(18)19/h9-10H,5-8H2,1-4H3,(H,18,19)(H,15,17,20).